The van der Waals surface area contributed by atoms with Gasteiger partial charge in [0.2, 0.25) is 5.91 Å². The topological polar surface area (TPSA) is 113 Å². The van der Waals surface area contributed by atoms with Gasteiger partial charge in [0.1, 0.15) is 6.04 Å². The van der Waals surface area contributed by atoms with Crippen molar-refractivity contribution in [1.82, 2.24) is 10.2 Å². The van der Waals surface area contributed by atoms with Crippen molar-refractivity contribution < 1.29 is 19.5 Å². The van der Waals surface area contributed by atoms with Crippen LogP contribution in [0.5, 0.6) is 0 Å². The van der Waals surface area contributed by atoms with Crippen molar-refractivity contribution in [1.29, 1.82) is 0 Å². The van der Waals surface area contributed by atoms with Gasteiger partial charge in [-0.05, 0) is 12.8 Å². The minimum Gasteiger partial charge on any atom is -0.480 e. The van der Waals surface area contributed by atoms with E-state index in [-0.39, 0.29) is 31.5 Å². The third-order valence-electron chi connectivity index (χ3n) is 3.67. The van der Waals surface area contributed by atoms with Crippen molar-refractivity contribution in [3.8, 4) is 0 Å². The molecule has 4 N–H and O–H groups in total. The van der Waals surface area contributed by atoms with Crippen LogP contribution in [0.3, 0.4) is 0 Å². The Labute approximate surface area is 122 Å². The van der Waals surface area contributed by atoms with Crippen LogP contribution < -0.4 is 11.1 Å². The van der Waals surface area contributed by atoms with E-state index in [0.717, 1.165) is 12.8 Å². The van der Waals surface area contributed by atoms with Crippen molar-refractivity contribution in [2.45, 2.75) is 31.3 Å². The SMILES string of the molecule is NCC(=O)N1CC(NC(=O)C2=CCCC=C2)CC1C(=O)O. The molecule has 1 heterocycles. The van der Waals surface area contributed by atoms with Crippen molar-refractivity contribution in [2.75, 3.05) is 13.1 Å². The molecule has 2 aliphatic rings. The van der Waals surface area contributed by atoms with E-state index in [1.54, 1.807) is 6.08 Å². The monoisotopic (exact) mass is 293 g/mol. The molecule has 7 nitrogen and oxygen atoms in total. The lowest BCUT2D eigenvalue weighted by Gasteiger charge is -2.20. The number of likely N-dealkylation sites (tertiary alicyclic amines) is 1. The van der Waals surface area contributed by atoms with E-state index >= 15 is 0 Å². The maximum atomic E-state index is 12.1. The molecule has 0 radical (unpaired) electrons. The predicted octanol–water partition coefficient (Wildman–Crippen LogP) is -0.608. The van der Waals surface area contributed by atoms with Crippen LogP contribution in [0, 0.1) is 0 Å². The van der Waals surface area contributed by atoms with Gasteiger partial charge >= 0.3 is 5.97 Å². The summed E-state index contributed by atoms with van der Waals surface area (Å²) in [5.74, 6) is -1.73. The number of carbonyl (C=O) groups is 3. The zero-order chi connectivity index (χ0) is 15.4. The minimum atomic E-state index is -1.08. The number of amides is 2. The Morgan fingerprint density at radius 2 is 2.14 bits per heavy atom. The Morgan fingerprint density at radius 1 is 1.38 bits per heavy atom. The highest BCUT2D eigenvalue weighted by Gasteiger charge is 2.39. The second kappa shape index (κ2) is 6.53. The lowest BCUT2D eigenvalue weighted by molar-refractivity contribution is -0.147. The molecule has 1 aliphatic heterocycles. The maximum absolute atomic E-state index is 12.1. The summed E-state index contributed by atoms with van der Waals surface area (Å²) in [6.07, 6.45) is 7.46. The fourth-order valence-electron chi connectivity index (χ4n) is 2.62. The van der Waals surface area contributed by atoms with Crippen LogP contribution >= 0.6 is 0 Å². The van der Waals surface area contributed by atoms with Gasteiger partial charge in [-0.15, -0.1) is 0 Å². The number of rotatable bonds is 4. The largest absolute Gasteiger partial charge is 0.480 e. The minimum absolute atomic E-state index is 0.176. The van der Waals surface area contributed by atoms with Crippen LogP contribution in [-0.4, -0.2) is 53.0 Å². The van der Waals surface area contributed by atoms with Crippen molar-refractivity contribution in [3.63, 3.8) is 0 Å². The average molecular weight is 293 g/mol. The van der Waals surface area contributed by atoms with E-state index in [0.29, 0.717) is 5.57 Å². The highest BCUT2D eigenvalue weighted by Crippen LogP contribution is 2.19. The van der Waals surface area contributed by atoms with Gasteiger partial charge in [0.25, 0.3) is 5.91 Å². The van der Waals surface area contributed by atoms with Gasteiger partial charge in [-0.25, -0.2) is 4.79 Å². The van der Waals surface area contributed by atoms with E-state index in [2.05, 4.69) is 5.32 Å². The number of carboxylic acids is 1. The zero-order valence-electron chi connectivity index (χ0n) is 11.6. The van der Waals surface area contributed by atoms with Crippen LogP contribution in [0.1, 0.15) is 19.3 Å². The molecular weight excluding hydrogens is 274 g/mol. The van der Waals surface area contributed by atoms with Gasteiger partial charge < -0.3 is 21.1 Å². The van der Waals surface area contributed by atoms with E-state index in [4.69, 9.17) is 10.8 Å². The Balaban J connectivity index is 2.00. The van der Waals surface area contributed by atoms with E-state index in [1.807, 2.05) is 12.2 Å². The third-order valence-corrected chi connectivity index (χ3v) is 3.67. The summed E-state index contributed by atoms with van der Waals surface area (Å²) in [6.45, 7) is -0.0614. The normalized spacial score (nSPS) is 24.6. The van der Waals surface area contributed by atoms with Crippen molar-refractivity contribution >= 4 is 17.8 Å². The molecule has 0 saturated carbocycles. The zero-order valence-corrected chi connectivity index (χ0v) is 11.6. The predicted molar refractivity (Wildman–Crippen MR) is 75.2 cm³/mol. The number of nitrogens with one attached hydrogen (secondary N) is 1. The Morgan fingerprint density at radius 3 is 2.71 bits per heavy atom. The average Bonchev–Trinajstić information content (AvgIpc) is 2.91. The van der Waals surface area contributed by atoms with Gasteiger partial charge in [-0.3, -0.25) is 9.59 Å². The molecule has 0 spiro atoms. The van der Waals surface area contributed by atoms with Crippen molar-refractivity contribution in [2.24, 2.45) is 5.73 Å². The molecule has 7 heteroatoms. The first-order valence-corrected chi connectivity index (χ1v) is 6.93. The standard InChI is InChI=1S/C14H19N3O4/c15-7-12(18)17-8-10(6-11(17)14(20)21)16-13(19)9-4-2-1-3-5-9/h2,4-5,10-11H,1,3,6-8,15H2,(H,16,19)(H,20,21). The number of carboxylic acid groups (broad SMARTS) is 1. The maximum Gasteiger partial charge on any atom is 0.326 e. The number of allylic oxidation sites excluding steroid dienone is 2. The molecule has 1 aliphatic carbocycles. The fourth-order valence-corrected chi connectivity index (χ4v) is 2.62. The number of carbonyl (C=O) groups excluding carboxylic acids is 2. The number of hydrogen-bond donors (Lipinski definition) is 3. The van der Waals surface area contributed by atoms with Crippen molar-refractivity contribution in [3.05, 3.63) is 23.8 Å². The summed E-state index contributed by atoms with van der Waals surface area (Å²) >= 11 is 0. The number of hydrogen-bond acceptors (Lipinski definition) is 4. The second-order valence-electron chi connectivity index (χ2n) is 5.15. The summed E-state index contributed by atoms with van der Waals surface area (Å²) < 4.78 is 0. The molecule has 2 amide bonds. The molecule has 2 unspecified atom stereocenters. The second-order valence-corrected chi connectivity index (χ2v) is 5.15. The molecule has 1 saturated heterocycles. The first-order valence-electron chi connectivity index (χ1n) is 6.93. The van der Waals surface area contributed by atoms with E-state index < -0.39 is 17.9 Å². The highest BCUT2D eigenvalue weighted by molar-refractivity contribution is 5.96. The van der Waals surface area contributed by atoms with E-state index in [1.165, 1.54) is 4.90 Å². The molecule has 2 rings (SSSR count). The molecule has 21 heavy (non-hydrogen) atoms. The Kier molecular flexibility index (Phi) is 4.74. The number of nitrogens with two attached hydrogens (primary N) is 1. The smallest absolute Gasteiger partial charge is 0.326 e. The first kappa shape index (κ1) is 15.2. The molecule has 0 bridgehead atoms. The highest BCUT2D eigenvalue weighted by atomic mass is 16.4. The summed E-state index contributed by atoms with van der Waals surface area (Å²) in [7, 11) is 0. The molecule has 0 aromatic carbocycles. The van der Waals surface area contributed by atoms with Gasteiger partial charge in [0, 0.05) is 24.6 Å². The molecule has 0 aromatic rings. The molecule has 114 valence electrons. The van der Waals surface area contributed by atoms with Gasteiger partial charge in [0.15, 0.2) is 0 Å². The number of nitrogens with zero attached hydrogens (tertiary/aromatic N) is 1. The van der Waals surface area contributed by atoms with Crippen LogP contribution in [0.2, 0.25) is 0 Å². The molecule has 1 fully saturated rings. The number of aliphatic carboxylic acids is 1. The quantitative estimate of drug-likeness (QED) is 0.640. The summed E-state index contributed by atoms with van der Waals surface area (Å²) in [5.41, 5.74) is 5.87. The molecule has 0 aromatic heterocycles. The van der Waals surface area contributed by atoms with Crippen LogP contribution in [0.25, 0.3) is 0 Å². The lowest BCUT2D eigenvalue weighted by Crippen LogP contribution is -2.44. The Bertz CT molecular complexity index is 512. The van der Waals surface area contributed by atoms with Gasteiger partial charge in [-0.1, -0.05) is 18.2 Å². The lowest BCUT2D eigenvalue weighted by atomic mass is 10.1. The van der Waals surface area contributed by atoms with Crippen LogP contribution in [0.15, 0.2) is 23.8 Å². The Hall–Kier alpha value is -2.15. The van der Waals surface area contributed by atoms with Crippen LogP contribution in [-0.2, 0) is 14.4 Å². The summed E-state index contributed by atoms with van der Waals surface area (Å²) in [5, 5.41) is 11.9. The summed E-state index contributed by atoms with van der Waals surface area (Å²) in [6, 6.07) is -1.30. The molecular formula is C14H19N3O4. The fraction of sp³-hybridized carbons (Fsp3) is 0.500. The summed E-state index contributed by atoms with van der Waals surface area (Å²) in [4.78, 5) is 36.2. The molecule has 2 atom stereocenters. The third kappa shape index (κ3) is 3.49. The van der Waals surface area contributed by atoms with Crippen LogP contribution in [0.4, 0.5) is 0 Å². The van der Waals surface area contributed by atoms with Gasteiger partial charge in [0.05, 0.1) is 6.54 Å². The van der Waals surface area contributed by atoms with E-state index in [9.17, 15) is 14.4 Å². The first-order chi connectivity index (χ1) is 10.0. The van der Waals surface area contributed by atoms with Gasteiger partial charge in [-0.2, -0.15) is 0 Å².